The highest BCUT2D eigenvalue weighted by Crippen LogP contribution is 2.33. The summed E-state index contributed by atoms with van der Waals surface area (Å²) in [4.78, 5) is -0.855. The van der Waals surface area contributed by atoms with Crippen molar-refractivity contribution in [3.05, 3.63) is 24.0 Å². The van der Waals surface area contributed by atoms with Crippen LogP contribution in [0.1, 0.15) is 19.8 Å². The Hall–Kier alpha value is -0.990. The molecule has 0 radical (unpaired) electrons. The summed E-state index contributed by atoms with van der Waals surface area (Å²) >= 11 is 0. The Morgan fingerprint density at radius 3 is 2.35 bits per heavy atom. The summed E-state index contributed by atoms with van der Waals surface area (Å²) in [6.07, 6.45) is 2.82. The highest BCUT2D eigenvalue weighted by Gasteiger charge is 2.32. The molecule has 1 aliphatic carbocycles. The van der Waals surface area contributed by atoms with Crippen LogP contribution in [0.25, 0.3) is 0 Å². The number of hydrogen-bond acceptors (Lipinski definition) is 4. The molecule has 1 unspecified atom stereocenters. The zero-order valence-electron chi connectivity index (χ0n) is 11.1. The minimum atomic E-state index is -4.07. The molecule has 1 aromatic rings. The van der Waals surface area contributed by atoms with Gasteiger partial charge in [-0.2, -0.15) is 0 Å². The SMILES string of the molecule is CC(NS(=O)(=O)c1cc(S(C)(=O)=O)ccc1F)C1CC1. The third-order valence-electron chi connectivity index (χ3n) is 3.29. The number of hydrogen-bond donors (Lipinski definition) is 1. The van der Waals surface area contributed by atoms with Crippen molar-refractivity contribution in [2.45, 2.75) is 35.6 Å². The van der Waals surface area contributed by atoms with E-state index in [0.717, 1.165) is 37.3 Å². The van der Waals surface area contributed by atoms with E-state index in [2.05, 4.69) is 4.72 Å². The van der Waals surface area contributed by atoms with Gasteiger partial charge in [-0.3, -0.25) is 0 Å². The fourth-order valence-electron chi connectivity index (χ4n) is 1.92. The molecule has 0 amide bonds. The van der Waals surface area contributed by atoms with Crippen LogP contribution in [-0.4, -0.2) is 29.1 Å². The van der Waals surface area contributed by atoms with Crippen molar-refractivity contribution in [3.63, 3.8) is 0 Å². The highest BCUT2D eigenvalue weighted by atomic mass is 32.2. The minimum absolute atomic E-state index is 0.224. The molecule has 1 atom stereocenters. The van der Waals surface area contributed by atoms with Crippen molar-refractivity contribution in [3.8, 4) is 0 Å². The Morgan fingerprint density at radius 2 is 1.85 bits per heavy atom. The molecule has 1 N–H and O–H groups in total. The van der Waals surface area contributed by atoms with Crippen LogP contribution in [0.2, 0.25) is 0 Å². The van der Waals surface area contributed by atoms with Gasteiger partial charge in [-0.05, 0) is 43.9 Å². The van der Waals surface area contributed by atoms with Crippen LogP contribution in [0.5, 0.6) is 0 Å². The van der Waals surface area contributed by atoms with Gasteiger partial charge in [0.15, 0.2) is 9.84 Å². The van der Waals surface area contributed by atoms with Gasteiger partial charge in [0.05, 0.1) is 4.90 Å². The van der Waals surface area contributed by atoms with Crippen LogP contribution in [-0.2, 0) is 19.9 Å². The van der Waals surface area contributed by atoms with Gasteiger partial charge in [0, 0.05) is 12.3 Å². The molecule has 0 spiro atoms. The summed E-state index contributed by atoms with van der Waals surface area (Å²) in [7, 11) is -7.66. The van der Waals surface area contributed by atoms with Gasteiger partial charge in [0.2, 0.25) is 10.0 Å². The molecule has 20 heavy (non-hydrogen) atoms. The maximum Gasteiger partial charge on any atom is 0.243 e. The van der Waals surface area contributed by atoms with Crippen LogP contribution in [0.15, 0.2) is 28.0 Å². The van der Waals surface area contributed by atoms with E-state index in [1.807, 2.05) is 0 Å². The zero-order valence-corrected chi connectivity index (χ0v) is 12.8. The van der Waals surface area contributed by atoms with Crippen LogP contribution < -0.4 is 4.72 Å². The number of halogens is 1. The van der Waals surface area contributed by atoms with Crippen molar-refractivity contribution in [2.75, 3.05) is 6.26 Å². The third kappa shape index (κ3) is 3.36. The van der Waals surface area contributed by atoms with E-state index < -0.39 is 30.6 Å². The van der Waals surface area contributed by atoms with E-state index >= 15 is 0 Å². The second-order valence-electron chi connectivity index (χ2n) is 5.11. The molecule has 0 heterocycles. The van der Waals surface area contributed by atoms with Gasteiger partial charge in [-0.25, -0.2) is 25.9 Å². The largest absolute Gasteiger partial charge is 0.243 e. The minimum Gasteiger partial charge on any atom is -0.224 e. The number of sulfone groups is 1. The average molecular weight is 321 g/mol. The highest BCUT2D eigenvalue weighted by molar-refractivity contribution is 7.91. The third-order valence-corrected chi connectivity index (χ3v) is 5.97. The lowest BCUT2D eigenvalue weighted by Gasteiger charge is -2.14. The van der Waals surface area contributed by atoms with Crippen molar-refractivity contribution >= 4 is 19.9 Å². The van der Waals surface area contributed by atoms with E-state index in [1.165, 1.54) is 0 Å². The maximum absolute atomic E-state index is 13.7. The number of sulfonamides is 1. The molecule has 1 aromatic carbocycles. The standard InChI is InChI=1S/C12H16FNO4S2/c1-8(9-3-4-9)14-20(17,18)12-7-10(19(2,15)16)5-6-11(12)13/h5-9,14H,3-4H2,1-2H3. The lowest BCUT2D eigenvalue weighted by molar-refractivity contribution is 0.525. The van der Waals surface area contributed by atoms with Crippen LogP contribution in [0.3, 0.4) is 0 Å². The first kappa shape index (κ1) is 15.4. The molecule has 8 heteroatoms. The number of nitrogens with one attached hydrogen (secondary N) is 1. The lowest BCUT2D eigenvalue weighted by atomic mass is 10.2. The van der Waals surface area contributed by atoms with Crippen molar-refractivity contribution in [1.82, 2.24) is 4.72 Å². The Morgan fingerprint density at radius 1 is 1.25 bits per heavy atom. The predicted molar refractivity (Wildman–Crippen MR) is 72.0 cm³/mol. The van der Waals surface area contributed by atoms with Gasteiger partial charge in [0.25, 0.3) is 0 Å². The summed E-state index contributed by atoms with van der Waals surface area (Å²) in [6, 6.07) is 2.47. The zero-order chi connectivity index (χ0) is 15.1. The second-order valence-corrected chi connectivity index (χ2v) is 8.81. The molecule has 2 rings (SSSR count). The van der Waals surface area contributed by atoms with Gasteiger partial charge in [-0.1, -0.05) is 0 Å². The Balaban J connectivity index is 2.39. The Labute approximate surface area is 118 Å². The van der Waals surface area contributed by atoms with Gasteiger partial charge < -0.3 is 0 Å². The Kier molecular flexibility index (Phi) is 3.92. The molecule has 1 saturated carbocycles. The van der Waals surface area contributed by atoms with Crippen molar-refractivity contribution < 1.29 is 21.2 Å². The molecular weight excluding hydrogens is 305 g/mol. The summed E-state index contributed by atoms with van der Waals surface area (Å²) in [5, 5.41) is 0. The summed E-state index contributed by atoms with van der Waals surface area (Å²) in [5.41, 5.74) is 0. The molecule has 0 bridgehead atoms. The van der Waals surface area contributed by atoms with Crippen molar-refractivity contribution in [1.29, 1.82) is 0 Å². The molecule has 1 fully saturated rings. The van der Waals surface area contributed by atoms with E-state index in [-0.39, 0.29) is 16.9 Å². The van der Waals surface area contributed by atoms with E-state index in [0.29, 0.717) is 0 Å². The van der Waals surface area contributed by atoms with Crippen LogP contribution in [0, 0.1) is 11.7 Å². The first-order valence-electron chi connectivity index (χ1n) is 6.13. The first-order valence-corrected chi connectivity index (χ1v) is 9.50. The molecule has 112 valence electrons. The van der Waals surface area contributed by atoms with Crippen LogP contribution >= 0.6 is 0 Å². The van der Waals surface area contributed by atoms with Crippen LogP contribution in [0.4, 0.5) is 4.39 Å². The fourth-order valence-corrected chi connectivity index (χ4v) is 4.06. The van der Waals surface area contributed by atoms with Gasteiger partial charge in [-0.15, -0.1) is 0 Å². The van der Waals surface area contributed by atoms with E-state index in [4.69, 9.17) is 0 Å². The first-order chi connectivity index (χ1) is 9.11. The summed E-state index contributed by atoms with van der Waals surface area (Å²) < 4.78 is 63.2. The summed E-state index contributed by atoms with van der Waals surface area (Å²) in [5.74, 6) is -0.696. The number of benzene rings is 1. The smallest absolute Gasteiger partial charge is 0.224 e. The molecule has 0 saturated heterocycles. The molecule has 5 nitrogen and oxygen atoms in total. The monoisotopic (exact) mass is 321 g/mol. The lowest BCUT2D eigenvalue weighted by Crippen LogP contribution is -2.34. The normalized spacial score (nSPS) is 17.9. The maximum atomic E-state index is 13.7. The van der Waals surface area contributed by atoms with Gasteiger partial charge in [0.1, 0.15) is 10.7 Å². The average Bonchev–Trinajstić information content (AvgIpc) is 3.10. The van der Waals surface area contributed by atoms with Gasteiger partial charge >= 0.3 is 0 Å². The molecule has 0 aliphatic heterocycles. The topological polar surface area (TPSA) is 80.3 Å². The predicted octanol–water partition coefficient (Wildman–Crippen LogP) is 1.31. The summed E-state index contributed by atoms with van der Waals surface area (Å²) in [6.45, 7) is 1.72. The second kappa shape index (κ2) is 5.09. The Bertz CT molecular complexity index is 724. The number of rotatable bonds is 5. The molecule has 0 aromatic heterocycles. The molecule has 1 aliphatic rings. The van der Waals surface area contributed by atoms with E-state index in [9.17, 15) is 21.2 Å². The van der Waals surface area contributed by atoms with Crippen molar-refractivity contribution in [2.24, 2.45) is 5.92 Å². The molecular formula is C12H16FNO4S2. The fraction of sp³-hybridized carbons (Fsp3) is 0.500. The quantitative estimate of drug-likeness (QED) is 0.829. The van der Waals surface area contributed by atoms with E-state index in [1.54, 1.807) is 6.92 Å².